The Balaban J connectivity index is 3.72. The topological polar surface area (TPSA) is 0 Å². The highest BCUT2D eigenvalue weighted by molar-refractivity contribution is 8.80. The van der Waals surface area contributed by atoms with Crippen LogP contribution in [-0.4, -0.2) is 34.2 Å². The summed E-state index contributed by atoms with van der Waals surface area (Å²) in [6.45, 7) is 0. The van der Waals surface area contributed by atoms with Gasteiger partial charge in [0.1, 0.15) is 0 Å². The molecule has 0 aromatic heterocycles. The van der Waals surface area contributed by atoms with Gasteiger partial charge in [0.2, 0.25) is 9.49 Å². The van der Waals surface area contributed by atoms with Crippen LogP contribution in [0, 0.1) is 0 Å². The normalized spacial score (nSPS) is 23.4. The molecule has 1 fully saturated rings. The minimum atomic E-state index is -6.80. The maximum absolute atomic E-state index is 12.5. The molecule has 1 aliphatic rings. The lowest BCUT2D eigenvalue weighted by atomic mass is 9.87. The number of rotatable bonds is 0. The second-order valence-electron chi connectivity index (χ2n) is 3.52. The first-order valence-electron chi connectivity index (χ1n) is 4.09. The van der Waals surface area contributed by atoms with Gasteiger partial charge in [-0.1, -0.05) is 21.6 Å². The van der Waals surface area contributed by atoms with Crippen molar-refractivity contribution in [2.45, 2.75) is 34.2 Å². The van der Waals surface area contributed by atoms with Crippen molar-refractivity contribution in [3.05, 3.63) is 0 Å². The number of halogens is 12. The number of hydrogen-bond acceptors (Lipinski definition) is 2. The first-order valence-corrected chi connectivity index (χ1v) is 6.24. The van der Waals surface area contributed by atoms with Gasteiger partial charge in [-0.05, 0) is 0 Å². The van der Waals surface area contributed by atoms with E-state index < -0.39 is 55.8 Å². The molecule has 20 heavy (non-hydrogen) atoms. The minimum Gasteiger partial charge on any atom is -0.169 e. The van der Waals surface area contributed by atoms with Crippen LogP contribution < -0.4 is 0 Å². The first-order chi connectivity index (χ1) is 8.46. The lowest BCUT2D eigenvalue weighted by Crippen LogP contribution is -2.81. The van der Waals surface area contributed by atoms with Gasteiger partial charge in [-0.2, -0.15) is 52.7 Å². The summed E-state index contributed by atoms with van der Waals surface area (Å²) >= 11 is 0. The Labute approximate surface area is 109 Å². The summed E-state index contributed by atoms with van der Waals surface area (Å²) in [6, 6.07) is 0. The van der Waals surface area contributed by atoms with Crippen molar-refractivity contribution in [2.75, 3.05) is 0 Å². The molecule has 120 valence electrons. The standard InChI is InChI=1S/C6F12S2/c7-3(8,9)1(4(10,11)12)2(20-19-1,5(13,14)15)6(16,17)18. The molecule has 0 atom stereocenters. The molecule has 0 N–H and O–H groups in total. The molecule has 1 saturated heterocycles. The Morgan fingerprint density at radius 3 is 0.600 bits per heavy atom. The zero-order chi connectivity index (χ0) is 16.4. The zero-order valence-electron chi connectivity index (χ0n) is 8.35. The van der Waals surface area contributed by atoms with E-state index in [1.807, 2.05) is 0 Å². The van der Waals surface area contributed by atoms with E-state index in [2.05, 4.69) is 0 Å². The van der Waals surface area contributed by atoms with E-state index in [0.29, 0.717) is 0 Å². The molecule has 1 rings (SSSR count). The summed E-state index contributed by atoms with van der Waals surface area (Å²) in [7, 11) is -3.09. The molecular formula is C6F12S2. The van der Waals surface area contributed by atoms with Gasteiger partial charge in [-0.15, -0.1) is 0 Å². The minimum absolute atomic E-state index is 1.55. The van der Waals surface area contributed by atoms with E-state index in [-0.39, 0.29) is 0 Å². The van der Waals surface area contributed by atoms with Crippen LogP contribution in [0.25, 0.3) is 0 Å². The van der Waals surface area contributed by atoms with Crippen molar-refractivity contribution < 1.29 is 52.7 Å². The fourth-order valence-electron chi connectivity index (χ4n) is 1.52. The molecule has 0 saturated carbocycles. The summed E-state index contributed by atoms with van der Waals surface area (Å²) in [6.07, 6.45) is -27.2. The van der Waals surface area contributed by atoms with Crippen molar-refractivity contribution in [2.24, 2.45) is 0 Å². The average Bonchev–Trinajstić information content (AvgIpc) is 1.86. The van der Waals surface area contributed by atoms with E-state index in [4.69, 9.17) is 0 Å². The Morgan fingerprint density at radius 2 is 0.550 bits per heavy atom. The molecule has 1 heterocycles. The van der Waals surface area contributed by atoms with Gasteiger partial charge < -0.3 is 0 Å². The molecule has 0 aromatic carbocycles. The molecule has 0 aliphatic carbocycles. The highest BCUT2D eigenvalue weighted by Gasteiger charge is 2.99. The van der Waals surface area contributed by atoms with Crippen LogP contribution in [0.2, 0.25) is 0 Å². The van der Waals surface area contributed by atoms with Crippen LogP contribution in [0.5, 0.6) is 0 Å². The lowest BCUT2D eigenvalue weighted by molar-refractivity contribution is -0.352. The lowest BCUT2D eigenvalue weighted by Gasteiger charge is -2.57. The summed E-state index contributed by atoms with van der Waals surface area (Å²) in [5, 5.41) is 0. The Bertz CT molecular complexity index is 317. The van der Waals surface area contributed by atoms with E-state index in [1.54, 1.807) is 0 Å². The van der Waals surface area contributed by atoms with E-state index >= 15 is 0 Å². The maximum Gasteiger partial charge on any atom is 0.415 e. The van der Waals surface area contributed by atoms with Crippen molar-refractivity contribution in [1.82, 2.24) is 0 Å². The highest BCUT2D eigenvalue weighted by Crippen LogP contribution is 2.81. The van der Waals surface area contributed by atoms with Crippen molar-refractivity contribution in [3.63, 3.8) is 0 Å². The number of hydrogen-bond donors (Lipinski definition) is 0. The Kier molecular flexibility index (Phi) is 3.76. The third-order valence-electron chi connectivity index (χ3n) is 2.38. The summed E-state index contributed by atoms with van der Waals surface area (Å²) in [5.41, 5.74) is 0. The average molecular weight is 364 g/mol. The summed E-state index contributed by atoms with van der Waals surface area (Å²) in [5.74, 6) is 0. The van der Waals surface area contributed by atoms with E-state index in [9.17, 15) is 52.7 Å². The third kappa shape index (κ3) is 1.89. The van der Waals surface area contributed by atoms with Crippen LogP contribution in [-0.2, 0) is 0 Å². The van der Waals surface area contributed by atoms with Gasteiger partial charge in [-0.25, -0.2) is 0 Å². The molecule has 0 nitrogen and oxygen atoms in total. The molecule has 1 aliphatic heterocycles. The largest absolute Gasteiger partial charge is 0.415 e. The summed E-state index contributed by atoms with van der Waals surface area (Å²) < 4.78 is 137. The second-order valence-corrected chi connectivity index (χ2v) is 6.08. The Morgan fingerprint density at radius 1 is 0.400 bits per heavy atom. The molecule has 14 heteroatoms. The molecule has 0 aromatic rings. The van der Waals surface area contributed by atoms with E-state index in [1.165, 1.54) is 0 Å². The first kappa shape index (κ1) is 17.9. The van der Waals surface area contributed by atoms with Crippen LogP contribution in [0.3, 0.4) is 0 Å². The summed E-state index contributed by atoms with van der Waals surface area (Å²) in [4.78, 5) is 0. The van der Waals surface area contributed by atoms with Gasteiger partial charge in [-0.3, -0.25) is 0 Å². The van der Waals surface area contributed by atoms with Gasteiger partial charge in [0.05, 0.1) is 0 Å². The van der Waals surface area contributed by atoms with Crippen LogP contribution in [0.4, 0.5) is 52.7 Å². The maximum atomic E-state index is 12.5. The quantitative estimate of drug-likeness (QED) is 0.433. The van der Waals surface area contributed by atoms with Crippen LogP contribution in [0.1, 0.15) is 0 Å². The molecule has 0 spiro atoms. The molecule has 0 amide bonds. The van der Waals surface area contributed by atoms with Gasteiger partial charge >= 0.3 is 24.7 Å². The number of alkyl halides is 12. The molecule has 0 bridgehead atoms. The van der Waals surface area contributed by atoms with Gasteiger partial charge in [0.15, 0.2) is 0 Å². The van der Waals surface area contributed by atoms with E-state index in [0.717, 1.165) is 0 Å². The smallest absolute Gasteiger partial charge is 0.169 e. The van der Waals surface area contributed by atoms with Gasteiger partial charge in [0, 0.05) is 0 Å². The SMILES string of the molecule is FC(F)(F)C1(C(F)(F)F)SSC1(C(F)(F)F)C(F)(F)F. The fraction of sp³-hybridized carbons (Fsp3) is 1.00. The fourth-order valence-corrected chi connectivity index (χ4v) is 5.16. The molecular weight excluding hydrogens is 364 g/mol. The van der Waals surface area contributed by atoms with Crippen molar-refractivity contribution in [1.29, 1.82) is 0 Å². The Hall–Kier alpha value is -0.140. The van der Waals surface area contributed by atoms with Crippen LogP contribution in [0.15, 0.2) is 0 Å². The highest BCUT2D eigenvalue weighted by atomic mass is 33.1. The monoisotopic (exact) mass is 364 g/mol. The van der Waals surface area contributed by atoms with Crippen molar-refractivity contribution >= 4 is 21.6 Å². The van der Waals surface area contributed by atoms with Crippen molar-refractivity contribution in [3.8, 4) is 0 Å². The molecule has 0 unspecified atom stereocenters. The van der Waals surface area contributed by atoms with Gasteiger partial charge in [0.25, 0.3) is 0 Å². The predicted molar refractivity (Wildman–Crippen MR) is 44.9 cm³/mol. The predicted octanol–water partition coefficient (Wildman–Crippen LogP) is 5.11. The second kappa shape index (κ2) is 4.20. The molecule has 0 radical (unpaired) electrons. The third-order valence-corrected chi connectivity index (χ3v) is 6.38. The van der Waals surface area contributed by atoms with Crippen LogP contribution >= 0.6 is 21.6 Å². The zero-order valence-corrected chi connectivity index (χ0v) is 9.99.